The van der Waals surface area contributed by atoms with Gasteiger partial charge < -0.3 is 10.2 Å². The van der Waals surface area contributed by atoms with Gasteiger partial charge in [-0.2, -0.15) is 11.8 Å². The SMILES string of the molecule is CSCCCN1CC[C@@]2(C1)NC(=O)N(C(C)C)C2=O. The highest BCUT2D eigenvalue weighted by atomic mass is 32.2. The van der Waals surface area contributed by atoms with Gasteiger partial charge in [0.05, 0.1) is 0 Å². The predicted octanol–water partition coefficient (Wildman–Crippen LogP) is 1.14. The summed E-state index contributed by atoms with van der Waals surface area (Å²) in [5.74, 6) is 1.10. The van der Waals surface area contributed by atoms with Crippen LogP contribution < -0.4 is 5.32 Å². The van der Waals surface area contributed by atoms with Crippen LogP contribution in [0.25, 0.3) is 0 Å². The molecular formula is C13H23N3O2S. The Morgan fingerprint density at radius 2 is 2.16 bits per heavy atom. The Hall–Kier alpha value is -0.750. The molecule has 3 amide bonds. The molecule has 0 aromatic rings. The summed E-state index contributed by atoms with van der Waals surface area (Å²) in [5, 5.41) is 2.92. The van der Waals surface area contributed by atoms with Crippen LogP contribution in [-0.2, 0) is 4.79 Å². The highest BCUT2D eigenvalue weighted by Gasteiger charge is 2.54. The normalized spacial score (nSPS) is 27.9. The molecule has 1 spiro atoms. The van der Waals surface area contributed by atoms with Gasteiger partial charge in [-0.25, -0.2) is 4.79 Å². The fourth-order valence-electron chi connectivity index (χ4n) is 2.90. The molecule has 0 aromatic carbocycles. The summed E-state index contributed by atoms with van der Waals surface area (Å²) in [6.07, 6.45) is 3.97. The molecule has 5 nitrogen and oxygen atoms in total. The van der Waals surface area contributed by atoms with E-state index in [4.69, 9.17) is 0 Å². The summed E-state index contributed by atoms with van der Waals surface area (Å²) < 4.78 is 0. The van der Waals surface area contributed by atoms with Gasteiger partial charge in [0.2, 0.25) is 0 Å². The topological polar surface area (TPSA) is 52.7 Å². The van der Waals surface area contributed by atoms with Crippen molar-refractivity contribution in [3.05, 3.63) is 0 Å². The van der Waals surface area contributed by atoms with E-state index in [0.29, 0.717) is 6.54 Å². The van der Waals surface area contributed by atoms with Crippen LogP contribution in [-0.4, -0.2) is 65.0 Å². The minimum Gasteiger partial charge on any atom is -0.322 e. The molecule has 0 aliphatic carbocycles. The summed E-state index contributed by atoms with van der Waals surface area (Å²) in [6, 6.07) is -0.302. The molecule has 0 unspecified atom stereocenters. The van der Waals surface area contributed by atoms with Crippen molar-refractivity contribution in [1.29, 1.82) is 0 Å². The van der Waals surface area contributed by atoms with Crippen LogP contribution in [0.1, 0.15) is 26.7 Å². The molecule has 2 heterocycles. The first-order valence-corrected chi connectivity index (χ1v) is 8.26. The largest absolute Gasteiger partial charge is 0.325 e. The quantitative estimate of drug-likeness (QED) is 0.608. The van der Waals surface area contributed by atoms with Crippen LogP contribution in [0.3, 0.4) is 0 Å². The minimum atomic E-state index is -0.652. The van der Waals surface area contributed by atoms with Crippen LogP contribution in [0.15, 0.2) is 0 Å². The number of hydrogen-bond donors (Lipinski definition) is 1. The molecule has 2 saturated heterocycles. The number of thioether (sulfide) groups is 1. The van der Waals surface area contributed by atoms with Crippen molar-refractivity contribution >= 4 is 23.7 Å². The van der Waals surface area contributed by atoms with Gasteiger partial charge in [0.1, 0.15) is 5.54 Å². The van der Waals surface area contributed by atoms with Gasteiger partial charge in [0.25, 0.3) is 5.91 Å². The zero-order valence-corrected chi connectivity index (χ0v) is 12.8. The Labute approximate surface area is 119 Å². The second-order valence-corrected chi connectivity index (χ2v) is 6.64. The second kappa shape index (κ2) is 5.71. The van der Waals surface area contributed by atoms with Crippen LogP contribution in [0.5, 0.6) is 0 Å². The third-order valence-corrected chi connectivity index (χ3v) is 4.58. The van der Waals surface area contributed by atoms with Crippen LogP contribution in [0.2, 0.25) is 0 Å². The lowest BCUT2D eigenvalue weighted by atomic mass is 9.98. The Morgan fingerprint density at radius 3 is 2.74 bits per heavy atom. The number of amides is 3. The van der Waals surface area contributed by atoms with Crippen molar-refractivity contribution in [2.24, 2.45) is 0 Å². The summed E-state index contributed by atoms with van der Waals surface area (Å²) in [5.41, 5.74) is -0.652. The molecule has 0 radical (unpaired) electrons. The maximum absolute atomic E-state index is 12.5. The number of imide groups is 1. The Bertz CT molecular complexity index is 375. The van der Waals surface area contributed by atoms with E-state index in [-0.39, 0.29) is 18.0 Å². The van der Waals surface area contributed by atoms with E-state index in [1.165, 1.54) is 4.90 Å². The smallest absolute Gasteiger partial charge is 0.322 e. The number of nitrogens with one attached hydrogen (secondary N) is 1. The van der Waals surface area contributed by atoms with E-state index in [1.54, 1.807) is 0 Å². The summed E-state index contributed by atoms with van der Waals surface area (Å²) in [6.45, 7) is 6.32. The molecule has 0 aromatic heterocycles. The molecule has 6 heteroatoms. The zero-order valence-electron chi connectivity index (χ0n) is 11.9. The van der Waals surface area contributed by atoms with Crippen molar-refractivity contribution in [2.45, 2.75) is 38.3 Å². The maximum Gasteiger partial charge on any atom is 0.325 e. The fraction of sp³-hybridized carbons (Fsp3) is 0.846. The summed E-state index contributed by atoms with van der Waals surface area (Å²) >= 11 is 1.84. The molecule has 19 heavy (non-hydrogen) atoms. The van der Waals surface area contributed by atoms with E-state index >= 15 is 0 Å². The molecule has 0 bridgehead atoms. The lowest BCUT2D eigenvalue weighted by molar-refractivity contribution is -0.132. The van der Waals surface area contributed by atoms with Gasteiger partial charge in [-0.1, -0.05) is 0 Å². The van der Waals surface area contributed by atoms with Gasteiger partial charge in [-0.3, -0.25) is 9.69 Å². The number of carbonyl (C=O) groups is 2. The molecule has 2 aliphatic heterocycles. The first kappa shape index (κ1) is 14.7. The van der Waals surface area contributed by atoms with Crippen LogP contribution in [0.4, 0.5) is 4.79 Å². The average Bonchev–Trinajstić information content (AvgIpc) is 2.83. The number of nitrogens with zero attached hydrogens (tertiary/aromatic N) is 2. The Morgan fingerprint density at radius 1 is 1.42 bits per heavy atom. The number of rotatable bonds is 5. The molecule has 2 aliphatic rings. The van der Waals surface area contributed by atoms with Crippen molar-refractivity contribution in [2.75, 3.05) is 31.6 Å². The predicted molar refractivity (Wildman–Crippen MR) is 77.3 cm³/mol. The second-order valence-electron chi connectivity index (χ2n) is 5.65. The fourth-order valence-corrected chi connectivity index (χ4v) is 3.32. The van der Waals surface area contributed by atoms with E-state index in [2.05, 4.69) is 16.5 Å². The molecule has 2 rings (SSSR count). The van der Waals surface area contributed by atoms with Crippen molar-refractivity contribution in [3.63, 3.8) is 0 Å². The first-order valence-electron chi connectivity index (χ1n) is 6.87. The zero-order chi connectivity index (χ0) is 14.0. The summed E-state index contributed by atoms with van der Waals surface area (Å²) in [7, 11) is 0. The number of likely N-dealkylation sites (tertiary alicyclic amines) is 1. The number of urea groups is 1. The Kier molecular flexibility index (Phi) is 4.40. The average molecular weight is 285 g/mol. The van der Waals surface area contributed by atoms with Crippen molar-refractivity contribution < 1.29 is 9.59 Å². The van der Waals surface area contributed by atoms with Gasteiger partial charge >= 0.3 is 6.03 Å². The third-order valence-electron chi connectivity index (χ3n) is 3.88. The number of carbonyl (C=O) groups excluding carboxylic acids is 2. The highest BCUT2D eigenvalue weighted by molar-refractivity contribution is 7.98. The molecule has 1 N–H and O–H groups in total. The molecular weight excluding hydrogens is 262 g/mol. The molecule has 0 saturated carbocycles. The van der Waals surface area contributed by atoms with Gasteiger partial charge in [0.15, 0.2) is 0 Å². The van der Waals surface area contributed by atoms with Crippen molar-refractivity contribution in [3.8, 4) is 0 Å². The monoisotopic (exact) mass is 285 g/mol. The number of hydrogen-bond acceptors (Lipinski definition) is 4. The molecule has 2 fully saturated rings. The van der Waals surface area contributed by atoms with Crippen LogP contribution in [0, 0.1) is 0 Å². The summed E-state index contributed by atoms with van der Waals surface area (Å²) in [4.78, 5) is 28.1. The van der Waals surface area contributed by atoms with Gasteiger partial charge in [-0.05, 0) is 45.2 Å². The Balaban J connectivity index is 1.98. The van der Waals surface area contributed by atoms with Crippen LogP contribution >= 0.6 is 11.8 Å². The van der Waals surface area contributed by atoms with Crippen molar-refractivity contribution in [1.82, 2.24) is 15.1 Å². The van der Waals surface area contributed by atoms with E-state index < -0.39 is 5.54 Å². The lowest BCUT2D eigenvalue weighted by Crippen LogP contribution is -2.49. The molecule has 108 valence electrons. The maximum atomic E-state index is 12.5. The first-order chi connectivity index (χ1) is 9.00. The molecule has 1 atom stereocenters. The highest BCUT2D eigenvalue weighted by Crippen LogP contribution is 2.29. The standard InChI is InChI=1S/C13H23N3O2S/c1-10(2)16-11(17)13(14-12(16)18)5-7-15(9-13)6-4-8-19-3/h10H,4-9H2,1-3H3,(H,14,18)/t13-/m0/s1. The van der Waals surface area contributed by atoms with Gasteiger partial charge in [-0.15, -0.1) is 0 Å². The third kappa shape index (κ3) is 2.74. The lowest BCUT2D eigenvalue weighted by Gasteiger charge is -2.23. The van der Waals surface area contributed by atoms with Gasteiger partial charge in [0, 0.05) is 19.1 Å². The minimum absolute atomic E-state index is 0.0418. The van der Waals surface area contributed by atoms with E-state index in [0.717, 1.165) is 31.7 Å². The van der Waals surface area contributed by atoms with E-state index in [1.807, 2.05) is 25.6 Å². The van der Waals surface area contributed by atoms with E-state index in [9.17, 15) is 9.59 Å².